The van der Waals surface area contributed by atoms with Crippen molar-refractivity contribution in [1.82, 2.24) is 14.9 Å². The summed E-state index contributed by atoms with van der Waals surface area (Å²) < 4.78 is 5.41. The summed E-state index contributed by atoms with van der Waals surface area (Å²) in [5, 5.41) is 4.15. The molecule has 0 aromatic carbocycles. The molecule has 0 bridgehead atoms. The highest BCUT2D eigenvalue weighted by Crippen LogP contribution is 2.22. The summed E-state index contributed by atoms with van der Waals surface area (Å²) >= 11 is 1.58. The maximum absolute atomic E-state index is 12.6. The average Bonchev–Trinajstić information content (AvgIpc) is 3.05. The predicted molar refractivity (Wildman–Crippen MR) is 79.5 cm³/mol. The molecule has 0 fully saturated rings. The molecular weight excluding hydrogens is 290 g/mol. The Morgan fingerprint density at radius 2 is 2.33 bits per heavy atom. The lowest BCUT2D eigenvalue weighted by Crippen LogP contribution is -2.27. The number of thiophene rings is 1. The van der Waals surface area contributed by atoms with Crippen molar-refractivity contribution in [1.29, 1.82) is 0 Å². The number of hydrogen-bond donors (Lipinski definition) is 1. The quantitative estimate of drug-likeness (QED) is 0.804. The first kappa shape index (κ1) is 13.6. The molecule has 6 nitrogen and oxygen atoms in total. The zero-order valence-electron chi connectivity index (χ0n) is 11.5. The number of aryl methyl sites for hydroxylation is 1. The van der Waals surface area contributed by atoms with Crippen LogP contribution in [0.25, 0.3) is 11.1 Å². The fraction of sp³-hybridized carbons (Fsp3) is 0.214. The summed E-state index contributed by atoms with van der Waals surface area (Å²) in [5.41, 5.74) is 1.14. The van der Waals surface area contributed by atoms with Crippen LogP contribution in [0.1, 0.15) is 21.7 Å². The Balaban J connectivity index is 2.01. The standard InChI is InChI=1S/C14H13N3O3S/c1-8-10(11-12(18)15-7-16-13(11)20-8)14(19)17(2)5-9-3-4-21-6-9/h3-4,6-7H,5H2,1-2H3,(H,15,16,18). The fourth-order valence-corrected chi connectivity index (χ4v) is 2.89. The Morgan fingerprint density at radius 3 is 3.05 bits per heavy atom. The summed E-state index contributed by atoms with van der Waals surface area (Å²) in [6.45, 7) is 2.14. The number of carbonyl (C=O) groups excluding carboxylic acids is 1. The van der Waals surface area contributed by atoms with Crippen molar-refractivity contribution >= 4 is 28.3 Å². The summed E-state index contributed by atoms with van der Waals surface area (Å²) in [5.74, 6) is 0.146. The first-order chi connectivity index (χ1) is 10.1. The van der Waals surface area contributed by atoms with Gasteiger partial charge in [0.05, 0.1) is 11.9 Å². The van der Waals surface area contributed by atoms with Crippen molar-refractivity contribution in [2.45, 2.75) is 13.5 Å². The number of furan rings is 1. The van der Waals surface area contributed by atoms with Crippen LogP contribution >= 0.6 is 11.3 Å². The minimum Gasteiger partial charge on any atom is -0.442 e. The average molecular weight is 303 g/mol. The van der Waals surface area contributed by atoms with E-state index in [0.29, 0.717) is 12.3 Å². The molecule has 3 aromatic rings. The molecule has 3 heterocycles. The van der Waals surface area contributed by atoms with Gasteiger partial charge in [0.1, 0.15) is 11.1 Å². The molecule has 0 atom stereocenters. The van der Waals surface area contributed by atoms with E-state index >= 15 is 0 Å². The lowest BCUT2D eigenvalue weighted by atomic mass is 10.1. The molecule has 0 saturated carbocycles. The van der Waals surface area contributed by atoms with E-state index in [1.54, 1.807) is 30.2 Å². The van der Waals surface area contributed by atoms with E-state index in [9.17, 15) is 9.59 Å². The number of hydrogen-bond acceptors (Lipinski definition) is 5. The zero-order valence-corrected chi connectivity index (χ0v) is 12.4. The largest absolute Gasteiger partial charge is 0.442 e. The second-order valence-electron chi connectivity index (χ2n) is 4.74. The van der Waals surface area contributed by atoms with E-state index in [2.05, 4.69) is 9.97 Å². The van der Waals surface area contributed by atoms with Gasteiger partial charge in [-0.2, -0.15) is 11.3 Å². The van der Waals surface area contributed by atoms with Crippen LogP contribution in [0.5, 0.6) is 0 Å². The van der Waals surface area contributed by atoms with Gasteiger partial charge < -0.3 is 14.3 Å². The maximum Gasteiger partial charge on any atom is 0.262 e. The molecule has 1 amide bonds. The van der Waals surface area contributed by atoms with Crippen LogP contribution in [-0.2, 0) is 6.54 Å². The van der Waals surface area contributed by atoms with Crippen molar-refractivity contribution in [3.8, 4) is 0 Å². The van der Waals surface area contributed by atoms with Crippen LogP contribution in [0, 0.1) is 6.92 Å². The normalized spacial score (nSPS) is 11.0. The summed E-state index contributed by atoms with van der Waals surface area (Å²) in [6, 6.07) is 1.96. The van der Waals surface area contributed by atoms with Gasteiger partial charge in [-0.1, -0.05) is 0 Å². The summed E-state index contributed by atoms with van der Waals surface area (Å²) in [7, 11) is 1.70. The van der Waals surface area contributed by atoms with Gasteiger partial charge in [-0.3, -0.25) is 9.59 Å². The monoisotopic (exact) mass is 303 g/mol. The van der Waals surface area contributed by atoms with Crippen molar-refractivity contribution in [3.05, 3.63) is 50.4 Å². The molecule has 7 heteroatoms. The van der Waals surface area contributed by atoms with E-state index in [0.717, 1.165) is 5.56 Å². The number of nitrogens with one attached hydrogen (secondary N) is 1. The highest BCUT2D eigenvalue weighted by Gasteiger charge is 2.24. The van der Waals surface area contributed by atoms with Gasteiger partial charge in [0.15, 0.2) is 0 Å². The van der Waals surface area contributed by atoms with Crippen molar-refractivity contribution in [2.24, 2.45) is 0 Å². The van der Waals surface area contributed by atoms with E-state index in [1.807, 2.05) is 16.8 Å². The second kappa shape index (κ2) is 5.17. The topological polar surface area (TPSA) is 79.2 Å². The Morgan fingerprint density at radius 1 is 1.52 bits per heavy atom. The maximum atomic E-state index is 12.6. The number of nitrogens with zero attached hydrogens (tertiary/aromatic N) is 2. The van der Waals surface area contributed by atoms with E-state index in [1.165, 1.54) is 6.33 Å². The van der Waals surface area contributed by atoms with Gasteiger partial charge in [-0.05, 0) is 29.3 Å². The predicted octanol–water partition coefficient (Wildman–Crippen LogP) is 2.16. The lowest BCUT2D eigenvalue weighted by molar-refractivity contribution is 0.0785. The van der Waals surface area contributed by atoms with E-state index < -0.39 is 0 Å². The van der Waals surface area contributed by atoms with Crippen LogP contribution in [0.15, 0.2) is 32.4 Å². The molecular formula is C14H13N3O3S. The molecule has 0 saturated heterocycles. The van der Waals surface area contributed by atoms with Gasteiger partial charge in [-0.25, -0.2) is 4.98 Å². The Labute approximate surface area is 124 Å². The SMILES string of the molecule is Cc1oc2nc[nH]c(=O)c2c1C(=O)N(C)Cc1ccsc1. The number of amides is 1. The van der Waals surface area contributed by atoms with Crippen LogP contribution in [0.3, 0.4) is 0 Å². The smallest absolute Gasteiger partial charge is 0.262 e. The molecule has 0 aliphatic heterocycles. The first-order valence-corrected chi connectivity index (χ1v) is 7.25. The van der Waals surface area contributed by atoms with E-state index in [4.69, 9.17) is 4.42 Å². The van der Waals surface area contributed by atoms with Crippen molar-refractivity contribution in [3.63, 3.8) is 0 Å². The van der Waals surface area contributed by atoms with E-state index in [-0.39, 0.29) is 28.1 Å². The molecule has 21 heavy (non-hydrogen) atoms. The van der Waals surface area contributed by atoms with Crippen molar-refractivity contribution in [2.75, 3.05) is 7.05 Å². The van der Waals surface area contributed by atoms with Gasteiger partial charge in [0.25, 0.3) is 11.5 Å². The number of fused-ring (bicyclic) bond motifs is 1. The van der Waals surface area contributed by atoms with Crippen LogP contribution in [0.4, 0.5) is 0 Å². The van der Waals surface area contributed by atoms with Gasteiger partial charge in [0.2, 0.25) is 5.71 Å². The number of H-pyrrole nitrogens is 1. The lowest BCUT2D eigenvalue weighted by Gasteiger charge is -2.16. The third-order valence-electron chi connectivity index (χ3n) is 3.23. The number of carbonyl (C=O) groups is 1. The molecule has 0 aliphatic carbocycles. The molecule has 108 valence electrons. The molecule has 0 aliphatic rings. The molecule has 0 spiro atoms. The number of rotatable bonds is 3. The fourth-order valence-electron chi connectivity index (χ4n) is 2.23. The van der Waals surface area contributed by atoms with Crippen molar-refractivity contribution < 1.29 is 9.21 Å². The highest BCUT2D eigenvalue weighted by molar-refractivity contribution is 7.07. The Bertz CT molecular complexity index is 848. The van der Waals surface area contributed by atoms with Gasteiger partial charge >= 0.3 is 0 Å². The summed E-state index contributed by atoms with van der Waals surface area (Å²) in [4.78, 5) is 32.5. The number of aromatic amines is 1. The summed E-state index contributed by atoms with van der Waals surface area (Å²) in [6.07, 6.45) is 1.26. The first-order valence-electron chi connectivity index (χ1n) is 6.31. The molecule has 0 radical (unpaired) electrons. The zero-order chi connectivity index (χ0) is 15.0. The Hall–Kier alpha value is -2.41. The molecule has 3 rings (SSSR count). The van der Waals surface area contributed by atoms with Crippen LogP contribution in [0.2, 0.25) is 0 Å². The molecule has 0 unspecified atom stereocenters. The Kier molecular flexibility index (Phi) is 3.34. The second-order valence-corrected chi connectivity index (χ2v) is 5.52. The van der Waals surface area contributed by atoms with Gasteiger partial charge in [-0.15, -0.1) is 0 Å². The highest BCUT2D eigenvalue weighted by atomic mass is 32.1. The molecule has 3 aromatic heterocycles. The third-order valence-corrected chi connectivity index (χ3v) is 3.96. The number of aromatic nitrogens is 2. The molecule has 1 N–H and O–H groups in total. The third kappa shape index (κ3) is 2.36. The van der Waals surface area contributed by atoms with Crippen LogP contribution in [-0.4, -0.2) is 27.8 Å². The minimum atomic E-state index is -0.371. The van der Waals surface area contributed by atoms with Gasteiger partial charge in [0, 0.05) is 13.6 Å². The minimum absolute atomic E-state index is 0.184. The van der Waals surface area contributed by atoms with Crippen LogP contribution < -0.4 is 5.56 Å².